The average Bonchev–Trinajstić information content (AvgIpc) is 2.89. The summed E-state index contributed by atoms with van der Waals surface area (Å²) in [4.78, 5) is 26.1. The highest BCUT2D eigenvalue weighted by molar-refractivity contribution is 5.74. The Morgan fingerprint density at radius 1 is 1.40 bits per heavy atom. The zero-order chi connectivity index (χ0) is 15.0. The lowest BCUT2D eigenvalue weighted by atomic mass is 10.0. The minimum absolute atomic E-state index is 0.00859. The second kappa shape index (κ2) is 8.13. The number of carbonyl (C=O) groups is 2. The molecule has 2 amide bonds. The molecule has 8 heteroatoms. The Balaban J connectivity index is 2.13. The number of carbonyl (C=O) groups excluding carboxylic acids is 1. The maximum Gasteiger partial charge on any atom is 0.315 e. The van der Waals surface area contributed by atoms with E-state index in [4.69, 9.17) is 5.11 Å². The molecule has 4 N–H and O–H groups in total. The fraction of sp³-hybridized carbons (Fsp3) is 0.667. The number of nitrogens with one attached hydrogen (secondary N) is 3. The van der Waals surface area contributed by atoms with E-state index in [-0.39, 0.29) is 24.5 Å². The zero-order valence-electron chi connectivity index (χ0n) is 11.7. The van der Waals surface area contributed by atoms with Crippen LogP contribution in [0.5, 0.6) is 0 Å². The number of amides is 2. The van der Waals surface area contributed by atoms with Crippen molar-refractivity contribution in [2.24, 2.45) is 5.92 Å². The van der Waals surface area contributed by atoms with Crippen LogP contribution in [0.3, 0.4) is 0 Å². The Morgan fingerprint density at radius 2 is 2.15 bits per heavy atom. The van der Waals surface area contributed by atoms with Gasteiger partial charge in [-0.15, -0.1) is 0 Å². The van der Waals surface area contributed by atoms with Crippen LogP contribution < -0.4 is 10.6 Å². The second-order valence-corrected chi connectivity index (χ2v) is 4.83. The van der Waals surface area contributed by atoms with Gasteiger partial charge in [-0.2, -0.15) is 5.10 Å². The van der Waals surface area contributed by atoms with Gasteiger partial charge in [0.25, 0.3) is 0 Å². The van der Waals surface area contributed by atoms with E-state index in [2.05, 4.69) is 25.8 Å². The lowest BCUT2D eigenvalue weighted by Gasteiger charge is -2.14. The van der Waals surface area contributed by atoms with Crippen molar-refractivity contribution in [1.82, 2.24) is 25.8 Å². The highest BCUT2D eigenvalue weighted by Crippen LogP contribution is 2.09. The first-order valence-electron chi connectivity index (χ1n) is 6.60. The zero-order valence-corrected chi connectivity index (χ0v) is 11.7. The molecule has 1 aromatic rings. The molecular weight excluding hydrogens is 262 g/mol. The third-order valence-corrected chi connectivity index (χ3v) is 2.95. The van der Waals surface area contributed by atoms with E-state index in [9.17, 15) is 9.59 Å². The lowest BCUT2D eigenvalue weighted by Crippen LogP contribution is -2.40. The van der Waals surface area contributed by atoms with Gasteiger partial charge < -0.3 is 15.7 Å². The topological polar surface area (TPSA) is 120 Å². The molecule has 112 valence electrons. The molecule has 1 aromatic heterocycles. The quantitative estimate of drug-likeness (QED) is 0.564. The summed E-state index contributed by atoms with van der Waals surface area (Å²) in [7, 11) is 0. The Hall–Kier alpha value is -2.12. The molecule has 2 unspecified atom stereocenters. The molecule has 0 aromatic carbocycles. The summed E-state index contributed by atoms with van der Waals surface area (Å²) in [5.74, 6) is -0.541. The summed E-state index contributed by atoms with van der Waals surface area (Å²) in [6.07, 6.45) is 3.49. The standard InChI is InChI=1S/C12H21N5O3/c1-8(11(18)19)4-3-5-9(2)16-12(20)13-6-10-14-7-15-17-10/h7-9H,3-6H2,1-2H3,(H,18,19)(H2,13,16,20)(H,14,15,17). The second-order valence-electron chi connectivity index (χ2n) is 4.83. The number of aromatic nitrogens is 3. The smallest absolute Gasteiger partial charge is 0.315 e. The van der Waals surface area contributed by atoms with Crippen LogP contribution in [0.4, 0.5) is 4.79 Å². The molecule has 0 bridgehead atoms. The summed E-state index contributed by atoms with van der Waals surface area (Å²) in [6, 6.07) is -0.286. The number of carboxylic acids is 1. The molecule has 0 aliphatic heterocycles. The SMILES string of the molecule is CC(CCCC(C)C(=O)O)NC(=O)NCc1ncn[nH]1. The van der Waals surface area contributed by atoms with Crippen molar-refractivity contribution in [2.75, 3.05) is 0 Å². The molecule has 0 aliphatic carbocycles. The van der Waals surface area contributed by atoms with E-state index in [0.29, 0.717) is 12.2 Å². The van der Waals surface area contributed by atoms with Gasteiger partial charge in [0.05, 0.1) is 12.5 Å². The number of aromatic amines is 1. The molecule has 0 saturated heterocycles. The van der Waals surface area contributed by atoms with Crippen LogP contribution in [-0.2, 0) is 11.3 Å². The largest absolute Gasteiger partial charge is 0.481 e. The first-order valence-corrected chi connectivity index (χ1v) is 6.60. The fourth-order valence-electron chi connectivity index (χ4n) is 1.68. The van der Waals surface area contributed by atoms with E-state index in [1.807, 2.05) is 6.92 Å². The minimum atomic E-state index is -0.782. The van der Waals surface area contributed by atoms with Crippen LogP contribution in [0.15, 0.2) is 6.33 Å². The third-order valence-electron chi connectivity index (χ3n) is 2.95. The lowest BCUT2D eigenvalue weighted by molar-refractivity contribution is -0.141. The maximum atomic E-state index is 11.6. The number of carboxylic acid groups (broad SMARTS) is 1. The van der Waals surface area contributed by atoms with Crippen LogP contribution >= 0.6 is 0 Å². The minimum Gasteiger partial charge on any atom is -0.481 e. The van der Waals surface area contributed by atoms with E-state index in [1.54, 1.807) is 6.92 Å². The predicted octanol–water partition coefficient (Wildman–Crippen LogP) is 0.883. The summed E-state index contributed by atoms with van der Waals surface area (Å²) < 4.78 is 0. The highest BCUT2D eigenvalue weighted by Gasteiger charge is 2.12. The van der Waals surface area contributed by atoms with Crippen LogP contribution in [0, 0.1) is 5.92 Å². The van der Waals surface area contributed by atoms with Crippen LogP contribution in [-0.4, -0.2) is 38.3 Å². The molecule has 0 spiro atoms. The Kier molecular flexibility index (Phi) is 6.48. The van der Waals surface area contributed by atoms with Crippen molar-refractivity contribution in [3.8, 4) is 0 Å². The normalized spacial score (nSPS) is 13.5. The number of H-pyrrole nitrogens is 1. The Morgan fingerprint density at radius 3 is 2.75 bits per heavy atom. The molecule has 1 heterocycles. The molecule has 0 aliphatic rings. The average molecular weight is 283 g/mol. The number of nitrogens with zero attached hydrogens (tertiary/aromatic N) is 2. The summed E-state index contributed by atoms with van der Waals surface area (Å²) in [6.45, 7) is 3.86. The first-order chi connectivity index (χ1) is 9.49. The van der Waals surface area contributed by atoms with Crippen LogP contribution in [0.2, 0.25) is 0 Å². The van der Waals surface area contributed by atoms with E-state index in [0.717, 1.165) is 12.8 Å². The van der Waals surface area contributed by atoms with Crippen LogP contribution in [0.1, 0.15) is 38.9 Å². The number of rotatable bonds is 8. The number of hydrogen-bond donors (Lipinski definition) is 4. The van der Waals surface area contributed by atoms with Crippen LogP contribution in [0.25, 0.3) is 0 Å². The summed E-state index contributed by atoms with van der Waals surface area (Å²) >= 11 is 0. The van der Waals surface area contributed by atoms with Gasteiger partial charge in [-0.3, -0.25) is 9.89 Å². The van der Waals surface area contributed by atoms with E-state index in [1.165, 1.54) is 6.33 Å². The molecule has 0 saturated carbocycles. The maximum absolute atomic E-state index is 11.6. The van der Waals surface area contributed by atoms with Gasteiger partial charge in [0.15, 0.2) is 0 Å². The van der Waals surface area contributed by atoms with Gasteiger partial charge >= 0.3 is 12.0 Å². The third kappa shape index (κ3) is 6.17. The van der Waals surface area contributed by atoms with E-state index < -0.39 is 5.97 Å². The van der Waals surface area contributed by atoms with Crippen molar-refractivity contribution in [3.05, 3.63) is 12.2 Å². The number of urea groups is 1. The molecule has 2 atom stereocenters. The van der Waals surface area contributed by atoms with Gasteiger partial charge in [0, 0.05) is 6.04 Å². The van der Waals surface area contributed by atoms with Crippen molar-refractivity contribution >= 4 is 12.0 Å². The first kappa shape index (κ1) is 15.9. The van der Waals surface area contributed by atoms with Crippen molar-refractivity contribution < 1.29 is 14.7 Å². The summed E-state index contributed by atoms with van der Waals surface area (Å²) in [5, 5.41) is 20.5. The Bertz CT molecular complexity index is 421. The monoisotopic (exact) mass is 283 g/mol. The highest BCUT2D eigenvalue weighted by atomic mass is 16.4. The molecule has 8 nitrogen and oxygen atoms in total. The van der Waals surface area contributed by atoms with Crippen molar-refractivity contribution in [1.29, 1.82) is 0 Å². The summed E-state index contributed by atoms with van der Waals surface area (Å²) in [5.41, 5.74) is 0. The van der Waals surface area contributed by atoms with Gasteiger partial charge in [-0.1, -0.05) is 13.3 Å². The van der Waals surface area contributed by atoms with Gasteiger partial charge in [-0.05, 0) is 19.8 Å². The number of aliphatic carboxylic acids is 1. The predicted molar refractivity (Wildman–Crippen MR) is 71.9 cm³/mol. The van der Waals surface area contributed by atoms with Gasteiger partial charge in [-0.25, -0.2) is 9.78 Å². The molecule has 0 fully saturated rings. The molecule has 1 rings (SSSR count). The van der Waals surface area contributed by atoms with Crippen molar-refractivity contribution in [3.63, 3.8) is 0 Å². The molecular formula is C12H21N5O3. The Labute approximate surface area is 117 Å². The fourth-order valence-corrected chi connectivity index (χ4v) is 1.68. The van der Waals surface area contributed by atoms with E-state index >= 15 is 0 Å². The molecule has 20 heavy (non-hydrogen) atoms. The number of hydrogen-bond acceptors (Lipinski definition) is 4. The molecule has 0 radical (unpaired) electrons. The van der Waals surface area contributed by atoms with Gasteiger partial charge in [0.2, 0.25) is 0 Å². The van der Waals surface area contributed by atoms with Gasteiger partial charge in [0.1, 0.15) is 12.2 Å². The van der Waals surface area contributed by atoms with Crippen molar-refractivity contribution in [2.45, 2.75) is 45.7 Å².